The summed E-state index contributed by atoms with van der Waals surface area (Å²) < 4.78 is 15.8. The molecule has 0 fully saturated rings. The van der Waals surface area contributed by atoms with Gasteiger partial charge in [0.25, 0.3) is 5.91 Å². The number of carboxylic acids is 1. The average Bonchev–Trinajstić information content (AvgIpc) is 3.18. The van der Waals surface area contributed by atoms with Gasteiger partial charge in [-0.3, -0.25) is 19.1 Å². The van der Waals surface area contributed by atoms with Gasteiger partial charge in [-0.15, -0.1) is 0 Å². The van der Waals surface area contributed by atoms with Crippen LogP contribution in [0.1, 0.15) is 29.9 Å². The highest BCUT2D eigenvalue weighted by molar-refractivity contribution is 6.31. The number of hydrogen-bond acceptors (Lipinski definition) is 6. The summed E-state index contributed by atoms with van der Waals surface area (Å²) in [5.74, 6) is -2.78. The van der Waals surface area contributed by atoms with Crippen molar-refractivity contribution in [3.8, 4) is 0 Å². The quantitative estimate of drug-likeness (QED) is 0.261. The summed E-state index contributed by atoms with van der Waals surface area (Å²) in [5, 5.41) is 30.9. The molecule has 1 heterocycles. The van der Waals surface area contributed by atoms with E-state index in [0.29, 0.717) is 10.9 Å². The van der Waals surface area contributed by atoms with Crippen LogP contribution in [0, 0.1) is 11.7 Å². The maximum atomic E-state index is 14.6. The van der Waals surface area contributed by atoms with E-state index in [2.05, 4.69) is 21.0 Å². The van der Waals surface area contributed by atoms with Crippen LogP contribution in [0.3, 0.4) is 0 Å². The first-order chi connectivity index (χ1) is 17.1. The van der Waals surface area contributed by atoms with Gasteiger partial charge in [-0.05, 0) is 24.1 Å². The predicted octanol–water partition coefficient (Wildman–Crippen LogP) is 2.39. The molecule has 192 valence electrons. The Hall–Kier alpha value is -3.54. The normalized spacial score (nSPS) is 12.1. The molecule has 0 aliphatic heterocycles. The third-order valence-corrected chi connectivity index (χ3v) is 5.80. The first-order valence-corrected chi connectivity index (χ1v) is 11.6. The summed E-state index contributed by atoms with van der Waals surface area (Å²) in [7, 11) is 0. The summed E-state index contributed by atoms with van der Waals surface area (Å²) in [6, 6.07) is 9.00. The molecular weight excluding hydrogens is 493 g/mol. The lowest BCUT2D eigenvalue weighted by Gasteiger charge is -2.19. The number of amides is 2. The van der Waals surface area contributed by atoms with Crippen molar-refractivity contribution in [3.05, 3.63) is 58.5 Å². The van der Waals surface area contributed by atoms with Gasteiger partial charge in [0, 0.05) is 29.2 Å². The molecule has 0 saturated heterocycles. The molecule has 0 aliphatic carbocycles. The number of nitrogens with one attached hydrogen (secondary N) is 3. The van der Waals surface area contributed by atoms with Crippen LogP contribution in [0.4, 0.5) is 10.1 Å². The molecule has 1 atom stereocenters. The number of aliphatic hydroxyl groups excluding tert-OH is 1. The van der Waals surface area contributed by atoms with E-state index in [-0.39, 0.29) is 53.6 Å². The number of aromatic nitrogens is 2. The van der Waals surface area contributed by atoms with Crippen LogP contribution >= 0.6 is 11.6 Å². The van der Waals surface area contributed by atoms with E-state index in [9.17, 15) is 23.9 Å². The Balaban J connectivity index is 1.74. The van der Waals surface area contributed by atoms with Gasteiger partial charge in [-0.25, -0.2) is 4.39 Å². The van der Waals surface area contributed by atoms with E-state index in [0.717, 1.165) is 0 Å². The van der Waals surface area contributed by atoms with Gasteiger partial charge in [0.1, 0.15) is 12.4 Å². The lowest BCUT2D eigenvalue weighted by atomic mass is 10.1. The fourth-order valence-corrected chi connectivity index (χ4v) is 3.81. The van der Waals surface area contributed by atoms with Crippen molar-refractivity contribution in [1.82, 2.24) is 20.4 Å². The van der Waals surface area contributed by atoms with Crippen molar-refractivity contribution in [2.75, 3.05) is 18.5 Å². The second-order valence-corrected chi connectivity index (χ2v) is 8.90. The lowest BCUT2D eigenvalue weighted by Crippen LogP contribution is -2.43. The number of fused-ring (bicyclic) bond motifs is 1. The van der Waals surface area contributed by atoms with Crippen LogP contribution in [-0.4, -0.2) is 57.0 Å². The predicted molar refractivity (Wildman–Crippen MR) is 132 cm³/mol. The number of rotatable bonds is 11. The molecule has 12 heteroatoms. The van der Waals surface area contributed by atoms with Crippen molar-refractivity contribution in [3.63, 3.8) is 0 Å². The Labute approximate surface area is 211 Å². The number of benzene rings is 2. The lowest BCUT2D eigenvalue weighted by molar-refractivity contribution is -0.137. The monoisotopic (exact) mass is 519 g/mol. The molecule has 0 saturated carbocycles. The Morgan fingerprint density at radius 3 is 2.58 bits per heavy atom. The standard InChI is InChI=1S/C24H27ClFN5O5/c1-13(2)18(12-32)27-10-20(33)28-9-14-7-15(8-17(25)22(14)26)29-24(36)23-16-5-3-4-6-19(16)31(30-23)11-21(34)35/h3-8,13,18,27,32H,9-12H2,1-2H3,(H,28,33)(H,29,36)(H,34,35)/t18-/m0/s1. The van der Waals surface area contributed by atoms with E-state index in [1.807, 2.05) is 13.8 Å². The number of aliphatic hydroxyl groups is 1. The van der Waals surface area contributed by atoms with Crippen LogP contribution in [0.2, 0.25) is 5.02 Å². The van der Waals surface area contributed by atoms with Gasteiger partial charge in [-0.2, -0.15) is 5.10 Å². The first kappa shape index (κ1) is 27.1. The third-order valence-electron chi connectivity index (χ3n) is 5.52. The highest BCUT2D eigenvalue weighted by Gasteiger charge is 2.20. The molecule has 5 N–H and O–H groups in total. The second-order valence-electron chi connectivity index (χ2n) is 8.49. The number of aliphatic carboxylic acids is 1. The molecule has 0 unspecified atom stereocenters. The Kier molecular flexibility index (Phi) is 8.97. The number of halogens is 2. The maximum Gasteiger partial charge on any atom is 0.325 e. The zero-order valence-electron chi connectivity index (χ0n) is 19.7. The van der Waals surface area contributed by atoms with Gasteiger partial charge in [0.2, 0.25) is 5.91 Å². The molecule has 3 aromatic rings. The van der Waals surface area contributed by atoms with E-state index >= 15 is 0 Å². The molecule has 2 aromatic carbocycles. The third kappa shape index (κ3) is 6.56. The van der Waals surface area contributed by atoms with Gasteiger partial charge in [0.05, 0.1) is 23.7 Å². The molecule has 2 amide bonds. The van der Waals surface area contributed by atoms with Gasteiger partial charge < -0.3 is 26.2 Å². The minimum atomic E-state index is -1.11. The second kappa shape index (κ2) is 11.9. The summed E-state index contributed by atoms with van der Waals surface area (Å²) in [6.45, 7) is 3.01. The summed E-state index contributed by atoms with van der Waals surface area (Å²) in [4.78, 5) is 36.3. The number of para-hydroxylation sites is 1. The molecule has 0 bridgehead atoms. The minimum absolute atomic E-state index is 0.00295. The molecule has 0 aliphatic rings. The van der Waals surface area contributed by atoms with Crippen LogP contribution in [-0.2, 0) is 22.7 Å². The molecule has 0 radical (unpaired) electrons. The van der Waals surface area contributed by atoms with Crippen LogP contribution < -0.4 is 16.0 Å². The average molecular weight is 520 g/mol. The smallest absolute Gasteiger partial charge is 0.325 e. The van der Waals surface area contributed by atoms with E-state index in [1.54, 1.807) is 24.3 Å². The zero-order valence-corrected chi connectivity index (χ0v) is 20.5. The molecule has 36 heavy (non-hydrogen) atoms. The van der Waals surface area contributed by atoms with Crippen LogP contribution in [0.25, 0.3) is 10.9 Å². The number of carbonyl (C=O) groups is 3. The van der Waals surface area contributed by atoms with E-state index in [4.69, 9.17) is 16.7 Å². The van der Waals surface area contributed by atoms with Crippen molar-refractivity contribution >= 4 is 46.0 Å². The van der Waals surface area contributed by atoms with Crippen molar-refractivity contribution < 1.29 is 29.0 Å². The van der Waals surface area contributed by atoms with Crippen molar-refractivity contribution in [2.45, 2.75) is 33.0 Å². The summed E-state index contributed by atoms with van der Waals surface area (Å²) in [5.41, 5.74) is 0.692. The van der Waals surface area contributed by atoms with Crippen LogP contribution in [0.15, 0.2) is 36.4 Å². The number of hydrogen-bond donors (Lipinski definition) is 5. The number of carbonyl (C=O) groups excluding carboxylic acids is 2. The molecule has 1 aromatic heterocycles. The molecule has 3 rings (SSSR count). The SMILES string of the molecule is CC(C)[C@H](CO)NCC(=O)NCc1cc(NC(=O)c2nn(CC(=O)O)c3ccccc23)cc(Cl)c1F. The van der Waals surface area contributed by atoms with Crippen LogP contribution in [0.5, 0.6) is 0 Å². The number of nitrogens with zero attached hydrogens (tertiary/aromatic N) is 2. The van der Waals surface area contributed by atoms with E-state index < -0.39 is 30.1 Å². The van der Waals surface area contributed by atoms with Gasteiger partial charge in [-0.1, -0.05) is 43.6 Å². The highest BCUT2D eigenvalue weighted by atomic mass is 35.5. The minimum Gasteiger partial charge on any atom is -0.480 e. The number of carboxylic acid groups (broad SMARTS) is 1. The Morgan fingerprint density at radius 2 is 1.92 bits per heavy atom. The maximum absolute atomic E-state index is 14.6. The topological polar surface area (TPSA) is 146 Å². The van der Waals surface area contributed by atoms with Gasteiger partial charge in [0.15, 0.2) is 5.69 Å². The molecule has 10 nitrogen and oxygen atoms in total. The fourth-order valence-electron chi connectivity index (χ4n) is 3.57. The molecular formula is C24H27ClFN5O5. The Morgan fingerprint density at radius 1 is 1.19 bits per heavy atom. The number of anilines is 1. The van der Waals surface area contributed by atoms with Crippen molar-refractivity contribution in [1.29, 1.82) is 0 Å². The van der Waals surface area contributed by atoms with Gasteiger partial charge >= 0.3 is 5.97 Å². The summed E-state index contributed by atoms with van der Waals surface area (Å²) in [6.07, 6.45) is 0. The van der Waals surface area contributed by atoms with Crippen molar-refractivity contribution in [2.24, 2.45) is 5.92 Å². The Bertz CT molecular complexity index is 1280. The zero-order chi connectivity index (χ0) is 26.4. The van der Waals surface area contributed by atoms with E-state index in [1.165, 1.54) is 16.8 Å². The highest BCUT2D eigenvalue weighted by Crippen LogP contribution is 2.25. The molecule has 0 spiro atoms. The largest absolute Gasteiger partial charge is 0.480 e. The fraction of sp³-hybridized carbons (Fsp3) is 0.333. The summed E-state index contributed by atoms with van der Waals surface area (Å²) >= 11 is 6.01. The first-order valence-electron chi connectivity index (χ1n) is 11.2.